The Balaban J connectivity index is 3.45. The maximum atomic E-state index is 5.73. The van der Waals surface area contributed by atoms with Gasteiger partial charge in [-0.1, -0.05) is 46.5 Å². The second kappa shape index (κ2) is 6.47. The van der Waals surface area contributed by atoms with Crippen molar-refractivity contribution >= 4 is 0 Å². The van der Waals surface area contributed by atoms with Crippen LogP contribution in [0, 0.1) is 5.41 Å². The smallest absolute Gasteiger partial charge is 0.00233 e. The molecular formula is C11H25N. The van der Waals surface area contributed by atoms with Crippen LogP contribution < -0.4 is 5.73 Å². The topological polar surface area (TPSA) is 26.0 Å². The molecule has 0 rings (SSSR count). The molecule has 0 saturated heterocycles. The van der Waals surface area contributed by atoms with Crippen LogP contribution in [0.5, 0.6) is 0 Å². The predicted molar refractivity (Wildman–Crippen MR) is 56.2 cm³/mol. The van der Waals surface area contributed by atoms with Crippen molar-refractivity contribution < 1.29 is 0 Å². The van der Waals surface area contributed by atoms with Gasteiger partial charge < -0.3 is 5.73 Å². The maximum Gasteiger partial charge on any atom is -0.00233 e. The van der Waals surface area contributed by atoms with Crippen molar-refractivity contribution in [2.24, 2.45) is 11.1 Å². The molecule has 0 amide bonds. The van der Waals surface area contributed by atoms with Gasteiger partial charge in [0.1, 0.15) is 0 Å². The largest absolute Gasteiger partial charge is 0.330 e. The lowest BCUT2D eigenvalue weighted by molar-refractivity contribution is 0.284. The van der Waals surface area contributed by atoms with Crippen molar-refractivity contribution in [3.63, 3.8) is 0 Å². The molecule has 0 fully saturated rings. The van der Waals surface area contributed by atoms with Gasteiger partial charge in [-0.05, 0) is 24.8 Å². The van der Waals surface area contributed by atoms with E-state index in [1.807, 2.05) is 0 Å². The highest BCUT2D eigenvalue weighted by molar-refractivity contribution is 4.73. The minimum atomic E-state index is 0.410. The lowest BCUT2D eigenvalue weighted by Crippen LogP contribution is -2.26. The molecule has 12 heavy (non-hydrogen) atoms. The normalized spacial score (nSPS) is 16.0. The SMILES string of the molecule is CCCCCC[C@@](C)(CC)CN. The quantitative estimate of drug-likeness (QED) is 0.584. The second-order valence-electron chi connectivity index (χ2n) is 4.18. The highest BCUT2D eigenvalue weighted by Crippen LogP contribution is 2.26. The van der Waals surface area contributed by atoms with Crippen LogP contribution in [0.4, 0.5) is 0 Å². The molecule has 0 unspecified atom stereocenters. The fraction of sp³-hybridized carbons (Fsp3) is 1.00. The lowest BCUT2D eigenvalue weighted by atomic mass is 9.82. The van der Waals surface area contributed by atoms with Gasteiger partial charge in [-0.2, -0.15) is 0 Å². The van der Waals surface area contributed by atoms with Crippen LogP contribution in [-0.2, 0) is 0 Å². The number of hydrogen-bond acceptors (Lipinski definition) is 1. The van der Waals surface area contributed by atoms with E-state index in [0.29, 0.717) is 5.41 Å². The summed E-state index contributed by atoms with van der Waals surface area (Å²) in [6.07, 6.45) is 7.97. The Bertz CT molecular complexity index is 95.2. The Hall–Kier alpha value is -0.0400. The first-order chi connectivity index (χ1) is 5.68. The highest BCUT2D eigenvalue weighted by atomic mass is 14.6. The van der Waals surface area contributed by atoms with E-state index in [4.69, 9.17) is 5.73 Å². The molecule has 1 nitrogen and oxygen atoms in total. The van der Waals surface area contributed by atoms with E-state index < -0.39 is 0 Å². The summed E-state index contributed by atoms with van der Waals surface area (Å²) in [5, 5.41) is 0. The summed E-state index contributed by atoms with van der Waals surface area (Å²) in [5.41, 5.74) is 6.14. The first-order valence-electron chi connectivity index (χ1n) is 5.38. The third kappa shape index (κ3) is 4.76. The molecule has 0 aliphatic rings. The van der Waals surface area contributed by atoms with Gasteiger partial charge in [0.2, 0.25) is 0 Å². The minimum absolute atomic E-state index is 0.410. The van der Waals surface area contributed by atoms with Crippen LogP contribution in [0.2, 0.25) is 0 Å². The van der Waals surface area contributed by atoms with Crippen LogP contribution in [0.3, 0.4) is 0 Å². The first kappa shape index (κ1) is 12.0. The average molecular weight is 171 g/mol. The summed E-state index contributed by atoms with van der Waals surface area (Å²) < 4.78 is 0. The molecule has 1 atom stereocenters. The summed E-state index contributed by atoms with van der Waals surface area (Å²) >= 11 is 0. The third-order valence-electron chi connectivity index (χ3n) is 2.98. The van der Waals surface area contributed by atoms with E-state index in [2.05, 4.69) is 20.8 Å². The number of unbranched alkanes of at least 4 members (excludes halogenated alkanes) is 3. The van der Waals surface area contributed by atoms with Gasteiger partial charge in [-0.25, -0.2) is 0 Å². The molecule has 0 bridgehead atoms. The number of nitrogens with two attached hydrogens (primary N) is 1. The van der Waals surface area contributed by atoms with E-state index in [1.54, 1.807) is 0 Å². The fourth-order valence-corrected chi connectivity index (χ4v) is 1.40. The van der Waals surface area contributed by atoms with Crippen LogP contribution >= 0.6 is 0 Å². The van der Waals surface area contributed by atoms with Crippen LogP contribution in [0.1, 0.15) is 59.3 Å². The van der Waals surface area contributed by atoms with Crippen molar-refractivity contribution in [3.05, 3.63) is 0 Å². The Labute approximate surface area is 77.7 Å². The van der Waals surface area contributed by atoms with Crippen LogP contribution in [-0.4, -0.2) is 6.54 Å². The van der Waals surface area contributed by atoms with Gasteiger partial charge in [-0.15, -0.1) is 0 Å². The zero-order chi connectivity index (χ0) is 9.45. The standard InChI is InChI=1S/C11H25N/c1-4-6-7-8-9-11(3,5-2)10-12/h4-10,12H2,1-3H3/t11-/m1/s1. The van der Waals surface area contributed by atoms with Gasteiger partial charge in [-0.3, -0.25) is 0 Å². The fourth-order valence-electron chi connectivity index (χ4n) is 1.40. The first-order valence-corrected chi connectivity index (χ1v) is 5.38. The Morgan fingerprint density at radius 3 is 2.17 bits per heavy atom. The van der Waals surface area contributed by atoms with Gasteiger partial charge in [0.15, 0.2) is 0 Å². The molecule has 0 aromatic rings. The van der Waals surface area contributed by atoms with Crippen molar-refractivity contribution in [2.75, 3.05) is 6.54 Å². The molecule has 0 aliphatic carbocycles. The second-order valence-corrected chi connectivity index (χ2v) is 4.18. The molecule has 1 heteroatoms. The summed E-state index contributed by atoms with van der Waals surface area (Å²) in [4.78, 5) is 0. The zero-order valence-electron chi connectivity index (χ0n) is 9.03. The van der Waals surface area contributed by atoms with Crippen molar-refractivity contribution in [2.45, 2.75) is 59.3 Å². The van der Waals surface area contributed by atoms with Crippen molar-refractivity contribution in [1.82, 2.24) is 0 Å². The maximum absolute atomic E-state index is 5.73. The van der Waals surface area contributed by atoms with E-state index in [1.165, 1.54) is 38.5 Å². The zero-order valence-corrected chi connectivity index (χ0v) is 9.03. The molecule has 0 saturated carbocycles. The Morgan fingerprint density at radius 1 is 1.08 bits per heavy atom. The third-order valence-corrected chi connectivity index (χ3v) is 2.98. The van der Waals surface area contributed by atoms with Gasteiger partial charge in [0.25, 0.3) is 0 Å². The molecule has 2 N–H and O–H groups in total. The van der Waals surface area contributed by atoms with Crippen molar-refractivity contribution in [1.29, 1.82) is 0 Å². The molecule has 0 heterocycles. The average Bonchev–Trinajstić information content (AvgIpc) is 2.12. The highest BCUT2D eigenvalue weighted by Gasteiger charge is 2.18. The lowest BCUT2D eigenvalue weighted by Gasteiger charge is -2.26. The molecule has 0 aliphatic heterocycles. The summed E-state index contributed by atoms with van der Waals surface area (Å²) in [5.74, 6) is 0. The summed E-state index contributed by atoms with van der Waals surface area (Å²) in [6, 6.07) is 0. The number of rotatable bonds is 7. The van der Waals surface area contributed by atoms with E-state index in [-0.39, 0.29) is 0 Å². The minimum Gasteiger partial charge on any atom is -0.330 e. The summed E-state index contributed by atoms with van der Waals surface area (Å²) in [7, 11) is 0. The molecule has 0 aromatic heterocycles. The molecule has 0 spiro atoms. The number of hydrogen-bond donors (Lipinski definition) is 1. The predicted octanol–water partition coefficient (Wildman–Crippen LogP) is 3.33. The van der Waals surface area contributed by atoms with Gasteiger partial charge in [0, 0.05) is 0 Å². The van der Waals surface area contributed by atoms with Crippen molar-refractivity contribution in [3.8, 4) is 0 Å². The molecule has 74 valence electrons. The van der Waals surface area contributed by atoms with Crippen LogP contribution in [0.15, 0.2) is 0 Å². The molecular weight excluding hydrogens is 146 g/mol. The van der Waals surface area contributed by atoms with Gasteiger partial charge in [0.05, 0.1) is 0 Å². The van der Waals surface area contributed by atoms with E-state index >= 15 is 0 Å². The monoisotopic (exact) mass is 171 g/mol. The Morgan fingerprint density at radius 2 is 1.75 bits per heavy atom. The molecule has 0 aromatic carbocycles. The molecule has 0 radical (unpaired) electrons. The van der Waals surface area contributed by atoms with E-state index in [9.17, 15) is 0 Å². The van der Waals surface area contributed by atoms with E-state index in [0.717, 1.165) is 6.54 Å². The summed E-state index contributed by atoms with van der Waals surface area (Å²) in [6.45, 7) is 7.64. The Kier molecular flexibility index (Phi) is 6.45. The van der Waals surface area contributed by atoms with Crippen LogP contribution in [0.25, 0.3) is 0 Å². The van der Waals surface area contributed by atoms with Gasteiger partial charge >= 0.3 is 0 Å².